The van der Waals surface area contributed by atoms with Crippen LogP contribution in [0.5, 0.6) is 0 Å². The van der Waals surface area contributed by atoms with Crippen LogP contribution in [0.4, 0.5) is 5.69 Å². The standard InChI is InChI=1S/C33H38N6O5/c1-4-18-36(22-39-25-15-11-10-14-24(25)34-35-39)31(43)28-33-17-16-32(6-3,44-33)26(27(33)30(42)38(28)20-21-40)29(41)37(19-5-2)23-12-8-7-9-13-23/h4-5,7-15,26-28,40H,1-2,6,16-22H2,3H3/t26-,27+,28?,32+,33?/m1/s1. The lowest BCUT2D eigenvalue weighted by Crippen LogP contribution is -2.57. The van der Waals surface area contributed by atoms with Crippen molar-refractivity contribution >= 4 is 34.4 Å². The molecule has 0 saturated carbocycles. The number of ether oxygens (including phenoxy) is 1. The number of para-hydroxylation sites is 2. The molecular formula is C33H38N6O5. The van der Waals surface area contributed by atoms with E-state index in [4.69, 9.17) is 4.74 Å². The Hall–Kier alpha value is -4.35. The maximum Gasteiger partial charge on any atom is 0.250 e. The molecule has 3 aromatic rings. The summed E-state index contributed by atoms with van der Waals surface area (Å²) in [4.78, 5) is 48.2. The minimum absolute atomic E-state index is 0.0554. The van der Waals surface area contributed by atoms with Crippen molar-refractivity contribution in [3.05, 3.63) is 79.9 Å². The van der Waals surface area contributed by atoms with Gasteiger partial charge in [-0.2, -0.15) is 0 Å². The van der Waals surface area contributed by atoms with E-state index in [0.29, 0.717) is 30.5 Å². The van der Waals surface area contributed by atoms with Gasteiger partial charge >= 0.3 is 0 Å². The number of aliphatic hydroxyl groups is 1. The summed E-state index contributed by atoms with van der Waals surface area (Å²) in [5.74, 6) is -2.60. The number of benzene rings is 2. The Kier molecular flexibility index (Phi) is 7.85. The highest BCUT2D eigenvalue weighted by Crippen LogP contribution is 2.64. The molecule has 44 heavy (non-hydrogen) atoms. The minimum Gasteiger partial charge on any atom is -0.395 e. The molecule has 0 radical (unpaired) electrons. The summed E-state index contributed by atoms with van der Waals surface area (Å²) in [6, 6.07) is 15.7. The van der Waals surface area contributed by atoms with Crippen LogP contribution in [0.2, 0.25) is 0 Å². The number of carbonyl (C=O) groups excluding carboxylic acids is 3. The van der Waals surface area contributed by atoms with Gasteiger partial charge < -0.3 is 24.5 Å². The van der Waals surface area contributed by atoms with Crippen molar-refractivity contribution in [3.8, 4) is 0 Å². The maximum atomic E-state index is 14.6. The highest BCUT2D eigenvalue weighted by molar-refractivity contribution is 6.03. The predicted octanol–water partition coefficient (Wildman–Crippen LogP) is 2.77. The smallest absolute Gasteiger partial charge is 0.250 e. The molecule has 3 aliphatic heterocycles. The number of likely N-dealkylation sites (tertiary alicyclic amines) is 1. The Labute approximate surface area is 256 Å². The molecule has 2 bridgehead atoms. The minimum atomic E-state index is -1.22. The third-order valence-corrected chi connectivity index (χ3v) is 9.55. The van der Waals surface area contributed by atoms with Gasteiger partial charge in [-0.15, -0.1) is 18.3 Å². The fraction of sp³-hybridized carbons (Fsp3) is 0.424. The number of fused-ring (bicyclic) bond motifs is 2. The van der Waals surface area contributed by atoms with Crippen molar-refractivity contribution in [1.82, 2.24) is 24.8 Å². The highest BCUT2D eigenvalue weighted by Gasteiger charge is 2.79. The van der Waals surface area contributed by atoms with E-state index in [0.717, 1.165) is 5.52 Å². The van der Waals surface area contributed by atoms with Crippen molar-refractivity contribution in [2.45, 2.75) is 50.1 Å². The van der Waals surface area contributed by atoms with Crippen LogP contribution in [0.3, 0.4) is 0 Å². The van der Waals surface area contributed by atoms with E-state index in [1.165, 1.54) is 4.90 Å². The Bertz CT molecular complexity index is 1590. The van der Waals surface area contributed by atoms with Gasteiger partial charge in [0.05, 0.1) is 29.6 Å². The first kappa shape index (κ1) is 29.7. The molecule has 6 rings (SSSR count). The van der Waals surface area contributed by atoms with Gasteiger partial charge in [-0.05, 0) is 43.5 Å². The van der Waals surface area contributed by atoms with Crippen LogP contribution >= 0.6 is 0 Å². The van der Waals surface area contributed by atoms with Crippen LogP contribution in [0.25, 0.3) is 11.0 Å². The Morgan fingerprint density at radius 1 is 1.07 bits per heavy atom. The van der Waals surface area contributed by atoms with Gasteiger partial charge in [0.25, 0.3) is 0 Å². The number of hydrogen-bond donors (Lipinski definition) is 1. The fourth-order valence-electron chi connectivity index (χ4n) is 7.68. The second-order valence-corrected chi connectivity index (χ2v) is 11.7. The van der Waals surface area contributed by atoms with Gasteiger partial charge in [0.1, 0.15) is 23.8 Å². The van der Waals surface area contributed by atoms with Gasteiger partial charge in [0.2, 0.25) is 17.7 Å². The van der Waals surface area contributed by atoms with Crippen molar-refractivity contribution < 1.29 is 24.2 Å². The van der Waals surface area contributed by atoms with Gasteiger partial charge in [0, 0.05) is 25.3 Å². The monoisotopic (exact) mass is 598 g/mol. The number of β-amino-alcohol motifs (C(OH)–C–C–N with tert-alkyl or cyclic N) is 1. The van der Waals surface area contributed by atoms with E-state index in [-0.39, 0.29) is 50.6 Å². The molecule has 230 valence electrons. The molecule has 11 heteroatoms. The van der Waals surface area contributed by atoms with Gasteiger partial charge in [0.15, 0.2) is 0 Å². The predicted molar refractivity (Wildman–Crippen MR) is 164 cm³/mol. The lowest BCUT2D eigenvalue weighted by atomic mass is 9.64. The molecule has 4 heterocycles. The first-order valence-electron chi connectivity index (χ1n) is 15.1. The summed E-state index contributed by atoms with van der Waals surface area (Å²) in [6.07, 6.45) is 4.77. The molecule has 5 atom stereocenters. The normalized spacial score (nSPS) is 27.0. The lowest BCUT2D eigenvalue weighted by molar-refractivity contribution is -0.154. The number of anilines is 1. The molecule has 3 fully saturated rings. The maximum absolute atomic E-state index is 14.6. The van der Waals surface area contributed by atoms with Crippen LogP contribution in [0.15, 0.2) is 79.9 Å². The zero-order valence-electron chi connectivity index (χ0n) is 24.9. The SMILES string of the molecule is C=CCN(Cn1nnc2ccccc21)C(=O)C1N(CCO)C(=O)[C@@H]2[C@H](C(=O)N(CC=C)c3ccccc3)[C@]3(CC)CCC12O3. The average Bonchev–Trinajstić information content (AvgIpc) is 3.77. The Morgan fingerprint density at radius 3 is 2.50 bits per heavy atom. The number of amides is 3. The average molecular weight is 599 g/mol. The molecule has 3 aliphatic rings. The van der Waals surface area contributed by atoms with Crippen LogP contribution in [-0.4, -0.2) is 91.1 Å². The van der Waals surface area contributed by atoms with Crippen molar-refractivity contribution in [1.29, 1.82) is 0 Å². The molecule has 2 aromatic carbocycles. The van der Waals surface area contributed by atoms with Gasteiger partial charge in [-0.1, -0.05) is 54.6 Å². The molecule has 2 unspecified atom stereocenters. The van der Waals surface area contributed by atoms with E-state index >= 15 is 0 Å². The summed E-state index contributed by atoms with van der Waals surface area (Å²) in [6.45, 7) is 9.82. The zero-order chi connectivity index (χ0) is 31.1. The van der Waals surface area contributed by atoms with E-state index < -0.39 is 29.1 Å². The van der Waals surface area contributed by atoms with Crippen LogP contribution in [-0.2, 0) is 25.8 Å². The van der Waals surface area contributed by atoms with Crippen LogP contribution in [0, 0.1) is 11.8 Å². The first-order valence-corrected chi connectivity index (χ1v) is 15.1. The molecule has 1 aromatic heterocycles. The Morgan fingerprint density at radius 2 is 1.80 bits per heavy atom. The highest BCUT2D eigenvalue weighted by atomic mass is 16.5. The Balaban J connectivity index is 1.40. The van der Waals surface area contributed by atoms with E-state index in [2.05, 4.69) is 23.5 Å². The number of aromatic nitrogens is 3. The number of hydrogen-bond acceptors (Lipinski definition) is 7. The second-order valence-electron chi connectivity index (χ2n) is 11.7. The molecule has 11 nitrogen and oxygen atoms in total. The van der Waals surface area contributed by atoms with Crippen molar-refractivity contribution in [2.75, 3.05) is 31.1 Å². The lowest BCUT2D eigenvalue weighted by Gasteiger charge is -2.37. The number of aliphatic hydroxyl groups excluding tert-OH is 1. The molecule has 3 amide bonds. The van der Waals surface area contributed by atoms with Crippen molar-refractivity contribution in [3.63, 3.8) is 0 Å². The molecule has 0 aliphatic carbocycles. The second kappa shape index (κ2) is 11.6. The van der Waals surface area contributed by atoms with Gasteiger partial charge in [-0.25, -0.2) is 4.68 Å². The summed E-state index contributed by atoms with van der Waals surface area (Å²) in [5.41, 5.74) is 0.0301. The summed E-state index contributed by atoms with van der Waals surface area (Å²) in [7, 11) is 0. The zero-order valence-corrected chi connectivity index (χ0v) is 24.9. The van der Waals surface area contributed by atoms with E-state index in [1.54, 1.807) is 26.6 Å². The summed E-state index contributed by atoms with van der Waals surface area (Å²) in [5, 5.41) is 18.5. The molecule has 3 saturated heterocycles. The summed E-state index contributed by atoms with van der Waals surface area (Å²) < 4.78 is 8.55. The first-order chi connectivity index (χ1) is 21.4. The number of rotatable bonds is 12. The van der Waals surface area contributed by atoms with E-state index in [9.17, 15) is 19.5 Å². The molecule has 1 N–H and O–H groups in total. The summed E-state index contributed by atoms with van der Waals surface area (Å²) >= 11 is 0. The quantitative estimate of drug-likeness (QED) is 0.318. The third-order valence-electron chi connectivity index (χ3n) is 9.55. The van der Waals surface area contributed by atoms with Gasteiger partial charge in [-0.3, -0.25) is 14.4 Å². The van der Waals surface area contributed by atoms with Crippen molar-refractivity contribution in [2.24, 2.45) is 11.8 Å². The number of carbonyl (C=O) groups is 3. The third kappa shape index (κ3) is 4.45. The van der Waals surface area contributed by atoms with Crippen LogP contribution < -0.4 is 4.90 Å². The number of nitrogens with zero attached hydrogens (tertiary/aromatic N) is 6. The topological polar surface area (TPSA) is 121 Å². The van der Waals surface area contributed by atoms with E-state index in [1.807, 2.05) is 61.5 Å². The molecule has 1 spiro atoms. The fourth-order valence-corrected chi connectivity index (χ4v) is 7.68. The largest absolute Gasteiger partial charge is 0.395 e. The molecular weight excluding hydrogens is 560 g/mol. The van der Waals surface area contributed by atoms with Crippen LogP contribution in [0.1, 0.15) is 26.2 Å².